The molecular formula is C28H35N6O7P. The monoisotopic (exact) mass is 598 g/mol. The van der Waals surface area contributed by atoms with Crippen LogP contribution in [0, 0.1) is 6.92 Å². The van der Waals surface area contributed by atoms with E-state index >= 15 is 0 Å². The van der Waals surface area contributed by atoms with Crippen LogP contribution in [-0.2, 0) is 33.1 Å². The van der Waals surface area contributed by atoms with Gasteiger partial charge in [-0.15, -0.1) is 0 Å². The summed E-state index contributed by atoms with van der Waals surface area (Å²) in [4.78, 5) is 29.9. The number of amides is 2. The van der Waals surface area contributed by atoms with E-state index in [1.54, 1.807) is 48.9 Å². The number of nitrogens with one attached hydrogen (secondary N) is 1. The molecule has 0 aliphatic rings. The Bertz CT molecular complexity index is 1620. The zero-order chi connectivity index (χ0) is 30.4. The molecule has 0 bridgehead atoms. The molecule has 3 N–H and O–H groups in total. The first-order valence-corrected chi connectivity index (χ1v) is 15.0. The van der Waals surface area contributed by atoms with E-state index in [-0.39, 0.29) is 30.6 Å². The van der Waals surface area contributed by atoms with Gasteiger partial charge in [-0.05, 0) is 70.0 Å². The van der Waals surface area contributed by atoms with Gasteiger partial charge in [0.1, 0.15) is 22.7 Å². The number of aromatic nitrogens is 4. The van der Waals surface area contributed by atoms with E-state index in [0.29, 0.717) is 47.7 Å². The first-order valence-electron chi connectivity index (χ1n) is 13.5. The molecule has 224 valence electrons. The summed E-state index contributed by atoms with van der Waals surface area (Å²) in [6.45, 7) is 8.40. The highest BCUT2D eigenvalue weighted by Crippen LogP contribution is 2.49. The lowest BCUT2D eigenvalue weighted by atomic mass is 10.1. The Labute approximate surface area is 243 Å². The van der Waals surface area contributed by atoms with Crippen molar-refractivity contribution < 1.29 is 32.5 Å². The number of methoxy groups -OCH3 is 1. The van der Waals surface area contributed by atoms with Crippen molar-refractivity contribution in [3.8, 4) is 11.5 Å². The minimum Gasteiger partial charge on any atom is -0.494 e. The molecule has 0 radical (unpaired) electrons. The van der Waals surface area contributed by atoms with Gasteiger partial charge >= 0.3 is 7.82 Å². The molecule has 13 nitrogen and oxygen atoms in total. The van der Waals surface area contributed by atoms with E-state index in [1.165, 1.54) is 7.11 Å². The topological polar surface area (TPSA) is 162 Å². The average molecular weight is 599 g/mol. The highest BCUT2D eigenvalue weighted by molar-refractivity contribution is 7.48. The van der Waals surface area contributed by atoms with Gasteiger partial charge in [-0.2, -0.15) is 5.10 Å². The lowest BCUT2D eigenvalue weighted by Gasteiger charge is -2.17. The Kier molecular flexibility index (Phi) is 9.66. The number of aryl methyl sites for hydroxylation is 4. The van der Waals surface area contributed by atoms with Crippen LogP contribution in [-0.4, -0.2) is 51.5 Å². The molecule has 0 saturated carbocycles. The number of rotatable bonds is 14. The summed E-state index contributed by atoms with van der Waals surface area (Å²) in [6, 6.07) is 11.8. The lowest BCUT2D eigenvalue weighted by Crippen LogP contribution is -2.20. The number of phosphoric acid groups is 1. The van der Waals surface area contributed by atoms with Gasteiger partial charge in [0.15, 0.2) is 0 Å². The maximum Gasteiger partial charge on any atom is 0.530 e. The second-order valence-electron chi connectivity index (χ2n) is 9.21. The van der Waals surface area contributed by atoms with Crippen molar-refractivity contribution >= 4 is 36.6 Å². The molecule has 0 aliphatic heterocycles. The number of anilines is 1. The number of ether oxygens (including phenoxy) is 1. The van der Waals surface area contributed by atoms with Crippen molar-refractivity contribution in [2.45, 2.75) is 47.2 Å². The van der Waals surface area contributed by atoms with Crippen LogP contribution in [0.4, 0.5) is 5.95 Å². The Hall–Kier alpha value is -4.19. The number of hydrogen-bond acceptors (Lipinski definition) is 9. The fraction of sp³-hybridized carbons (Fsp3) is 0.357. The molecular weight excluding hydrogens is 563 g/mol. The van der Waals surface area contributed by atoms with Crippen LogP contribution in [0.25, 0.3) is 11.0 Å². The minimum atomic E-state index is -3.71. The van der Waals surface area contributed by atoms with E-state index in [1.807, 2.05) is 30.5 Å². The quantitative estimate of drug-likeness (QED) is 0.196. The van der Waals surface area contributed by atoms with Crippen molar-refractivity contribution in [1.29, 1.82) is 0 Å². The number of imidazole rings is 1. The number of nitrogens with zero attached hydrogens (tertiary/aromatic N) is 4. The van der Waals surface area contributed by atoms with Crippen molar-refractivity contribution in [3.63, 3.8) is 0 Å². The third-order valence-corrected chi connectivity index (χ3v) is 7.89. The number of carbonyl (C=O) groups excluding carboxylic acids is 2. The predicted octanol–water partition coefficient (Wildman–Crippen LogP) is 4.72. The second kappa shape index (κ2) is 13.2. The molecule has 0 saturated heterocycles. The highest BCUT2D eigenvalue weighted by atomic mass is 31.2. The first kappa shape index (κ1) is 30.8. The zero-order valence-electron chi connectivity index (χ0n) is 24.2. The highest BCUT2D eigenvalue weighted by Gasteiger charge is 2.27. The van der Waals surface area contributed by atoms with Crippen LogP contribution < -0.4 is 20.3 Å². The van der Waals surface area contributed by atoms with Gasteiger partial charge in [0.25, 0.3) is 5.91 Å². The fourth-order valence-corrected chi connectivity index (χ4v) is 5.66. The molecule has 0 fully saturated rings. The average Bonchev–Trinajstić information content (AvgIpc) is 3.51. The Morgan fingerprint density at radius 1 is 1.05 bits per heavy atom. The molecule has 2 amide bonds. The summed E-state index contributed by atoms with van der Waals surface area (Å²) < 4.78 is 37.7. The molecule has 0 atom stereocenters. The normalized spacial score (nSPS) is 11.5. The molecule has 42 heavy (non-hydrogen) atoms. The van der Waals surface area contributed by atoms with Gasteiger partial charge in [0, 0.05) is 18.7 Å². The van der Waals surface area contributed by atoms with Gasteiger partial charge in [-0.3, -0.25) is 28.6 Å². The minimum absolute atomic E-state index is 0.178. The molecule has 0 unspecified atom stereocenters. The van der Waals surface area contributed by atoms with Crippen LogP contribution in [0.3, 0.4) is 0 Å². The van der Waals surface area contributed by atoms with Crippen LogP contribution in [0.5, 0.6) is 11.5 Å². The number of hydrogen-bond donors (Lipinski definition) is 2. The van der Waals surface area contributed by atoms with Gasteiger partial charge in [0.2, 0.25) is 11.9 Å². The number of primary amides is 1. The third kappa shape index (κ3) is 6.81. The summed E-state index contributed by atoms with van der Waals surface area (Å²) >= 11 is 0. The Balaban J connectivity index is 1.65. The van der Waals surface area contributed by atoms with E-state index in [4.69, 9.17) is 24.0 Å². The number of phosphoric ester groups is 1. The van der Waals surface area contributed by atoms with Gasteiger partial charge in [-0.1, -0.05) is 12.1 Å². The summed E-state index contributed by atoms with van der Waals surface area (Å²) in [5.74, 6) is -0.00912. The summed E-state index contributed by atoms with van der Waals surface area (Å²) in [6.07, 6.45) is 0.524. The number of benzene rings is 2. The van der Waals surface area contributed by atoms with Gasteiger partial charge in [0.05, 0.1) is 31.5 Å². The van der Waals surface area contributed by atoms with Crippen molar-refractivity contribution in [1.82, 2.24) is 19.3 Å². The van der Waals surface area contributed by atoms with E-state index in [0.717, 1.165) is 11.3 Å². The van der Waals surface area contributed by atoms with Crippen LogP contribution in [0.2, 0.25) is 0 Å². The van der Waals surface area contributed by atoms with Crippen LogP contribution in [0.1, 0.15) is 52.9 Å². The summed E-state index contributed by atoms with van der Waals surface area (Å²) in [5, 5.41) is 7.26. The smallest absolute Gasteiger partial charge is 0.494 e. The largest absolute Gasteiger partial charge is 0.530 e. The van der Waals surface area contributed by atoms with Crippen LogP contribution in [0.15, 0.2) is 42.5 Å². The zero-order valence-corrected chi connectivity index (χ0v) is 25.1. The fourth-order valence-electron chi connectivity index (χ4n) is 4.47. The molecule has 2 heterocycles. The lowest BCUT2D eigenvalue weighted by molar-refractivity contribution is 0.0995. The van der Waals surface area contributed by atoms with E-state index < -0.39 is 13.7 Å². The van der Waals surface area contributed by atoms with E-state index in [2.05, 4.69) is 15.4 Å². The van der Waals surface area contributed by atoms with Gasteiger partial charge in [-0.25, -0.2) is 9.55 Å². The second-order valence-corrected chi connectivity index (χ2v) is 10.8. The molecule has 0 spiro atoms. The van der Waals surface area contributed by atoms with Crippen molar-refractivity contribution in [2.75, 3.05) is 25.6 Å². The van der Waals surface area contributed by atoms with Crippen LogP contribution >= 0.6 is 7.82 Å². The molecule has 2 aromatic heterocycles. The summed E-state index contributed by atoms with van der Waals surface area (Å²) in [5.41, 5.74) is 8.82. The molecule has 0 aliphatic carbocycles. The Morgan fingerprint density at radius 2 is 1.74 bits per heavy atom. The number of nitrogens with two attached hydrogens (primary N) is 1. The first-order chi connectivity index (χ1) is 20.1. The molecule has 2 aromatic carbocycles. The maximum atomic E-state index is 13.3. The van der Waals surface area contributed by atoms with E-state index in [9.17, 15) is 14.2 Å². The third-order valence-electron chi connectivity index (χ3n) is 6.31. The maximum absolute atomic E-state index is 13.3. The van der Waals surface area contributed by atoms with Crippen molar-refractivity contribution in [2.24, 2.45) is 5.73 Å². The predicted molar refractivity (Wildman–Crippen MR) is 157 cm³/mol. The SMILES string of the molecule is CCOP(=O)(OCC)Oc1ccc(CCn2c(NC(=O)c3cc(C)nn3CC)nc3cc(C(N)=O)cc(OC)c32)cc1. The molecule has 4 aromatic rings. The number of carbonyl (C=O) groups is 2. The standard InChI is InChI=1S/C28H35N6O7P/c1-6-34-23(15-18(4)32-34)27(36)31-28-30-22-16-20(26(29)35)17-24(38-5)25(22)33(28)14-13-19-9-11-21(12-10-19)41-42(37,39-7-2)40-8-3/h9-12,15-17H,6-8,13-14H2,1-5H3,(H2,29,35)(H,30,31,36). The summed E-state index contributed by atoms with van der Waals surface area (Å²) in [7, 11) is -2.23. The Morgan fingerprint density at radius 3 is 2.33 bits per heavy atom. The van der Waals surface area contributed by atoms with Crippen molar-refractivity contribution in [3.05, 3.63) is 65.0 Å². The number of fused-ring (bicyclic) bond motifs is 1. The molecule has 14 heteroatoms. The molecule has 4 rings (SSSR count). The van der Waals surface area contributed by atoms with Gasteiger partial charge < -0.3 is 19.6 Å².